The largest absolute Gasteiger partial charge is 0.507 e. The molecule has 0 saturated carbocycles. The van der Waals surface area contributed by atoms with Gasteiger partial charge in [-0.2, -0.15) is 0 Å². The van der Waals surface area contributed by atoms with Crippen molar-refractivity contribution in [2.75, 3.05) is 33.8 Å². The number of hydrogen-bond acceptors (Lipinski definition) is 5. The molecule has 1 aliphatic rings. The molecule has 6 heteroatoms. The minimum atomic E-state index is -0.647. The number of aryl methyl sites for hydroxylation is 2. The second kappa shape index (κ2) is 10.9. The molecule has 1 N–H and O–H groups in total. The monoisotopic (exact) mass is 464 g/mol. The van der Waals surface area contributed by atoms with E-state index in [1.807, 2.05) is 57.1 Å². The maximum atomic E-state index is 13.2. The Bertz CT molecular complexity index is 1070. The van der Waals surface area contributed by atoms with Gasteiger partial charge in [0.2, 0.25) is 0 Å². The van der Waals surface area contributed by atoms with Gasteiger partial charge in [-0.15, -0.1) is 0 Å². The predicted octanol–water partition coefficient (Wildman–Crippen LogP) is 4.71. The van der Waals surface area contributed by atoms with Crippen LogP contribution in [-0.4, -0.2) is 60.4 Å². The van der Waals surface area contributed by atoms with Crippen molar-refractivity contribution in [3.05, 3.63) is 70.3 Å². The topological polar surface area (TPSA) is 70.1 Å². The number of benzene rings is 2. The molecule has 1 amide bonds. The molecule has 1 unspecified atom stereocenters. The van der Waals surface area contributed by atoms with Gasteiger partial charge in [0.05, 0.1) is 18.2 Å². The van der Waals surface area contributed by atoms with E-state index in [0.29, 0.717) is 24.6 Å². The molecule has 1 heterocycles. The van der Waals surface area contributed by atoms with Crippen LogP contribution in [0.1, 0.15) is 48.6 Å². The average Bonchev–Trinajstić information content (AvgIpc) is 3.03. The highest BCUT2D eigenvalue weighted by Crippen LogP contribution is 2.40. The molecule has 1 saturated heterocycles. The molecule has 1 aliphatic heterocycles. The summed E-state index contributed by atoms with van der Waals surface area (Å²) in [7, 11) is 3.95. The maximum Gasteiger partial charge on any atom is 0.295 e. The summed E-state index contributed by atoms with van der Waals surface area (Å²) in [6.45, 7) is 9.88. The zero-order valence-corrected chi connectivity index (χ0v) is 21.1. The standard InChI is InChI=1S/C28H36N2O4/c1-18(2)17-34-23-13-12-22(16-20(23)4)26(31)24-25(21-10-8-19(3)9-11-21)30(28(33)27(24)32)15-7-14-29(5)6/h8-13,16,18,25,31H,7,14-15,17H2,1-6H3/b26-24+. The van der Waals surface area contributed by atoms with Crippen molar-refractivity contribution in [2.45, 2.75) is 40.2 Å². The maximum absolute atomic E-state index is 13.2. The third-order valence-corrected chi connectivity index (χ3v) is 5.96. The first-order valence-electron chi connectivity index (χ1n) is 11.8. The highest BCUT2D eigenvalue weighted by Gasteiger charge is 2.45. The predicted molar refractivity (Wildman–Crippen MR) is 135 cm³/mol. The number of likely N-dealkylation sites (tertiary alicyclic amines) is 1. The molecule has 0 bridgehead atoms. The number of rotatable bonds is 9. The smallest absolute Gasteiger partial charge is 0.295 e. The number of carbonyl (C=O) groups is 2. The lowest BCUT2D eigenvalue weighted by Crippen LogP contribution is -2.32. The highest BCUT2D eigenvalue weighted by molar-refractivity contribution is 6.46. The molecule has 182 valence electrons. The van der Waals surface area contributed by atoms with Gasteiger partial charge in [-0.3, -0.25) is 9.59 Å². The van der Waals surface area contributed by atoms with Gasteiger partial charge in [0, 0.05) is 12.1 Å². The van der Waals surface area contributed by atoms with Crippen LogP contribution in [0.25, 0.3) is 5.76 Å². The van der Waals surface area contributed by atoms with Gasteiger partial charge in [-0.05, 0) is 76.2 Å². The van der Waals surface area contributed by atoms with Crippen LogP contribution in [0, 0.1) is 19.8 Å². The normalized spacial score (nSPS) is 17.8. The van der Waals surface area contributed by atoms with Crippen LogP contribution < -0.4 is 4.74 Å². The average molecular weight is 465 g/mol. The lowest BCUT2D eigenvalue weighted by molar-refractivity contribution is -0.139. The summed E-state index contributed by atoms with van der Waals surface area (Å²) in [6, 6.07) is 12.5. The fourth-order valence-corrected chi connectivity index (χ4v) is 4.13. The Labute approximate surface area is 202 Å². The van der Waals surface area contributed by atoms with E-state index in [9.17, 15) is 14.7 Å². The first-order valence-corrected chi connectivity index (χ1v) is 11.8. The molecule has 1 atom stereocenters. The minimum Gasteiger partial charge on any atom is -0.507 e. The molecule has 2 aromatic rings. The second-order valence-corrected chi connectivity index (χ2v) is 9.75. The van der Waals surface area contributed by atoms with Crippen molar-refractivity contribution in [1.29, 1.82) is 0 Å². The zero-order chi connectivity index (χ0) is 25.0. The van der Waals surface area contributed by atoms with Gasteiger partial charge in [0.15, 0.2) is 0 Å². The number of aliphatic hydroxyl groups is 1. The summed E-state index contributed by atoms with van der Waals surface area (Å²) in [5.41, 5.74) is 3.38. The number of Topliss-reactive ketones (excluding diaryl/α,β-unsaturated/α-hetero) is 1. The van der Waals surface area contributed by atoms with E-state index < -0.39 is 17.7 Å². The quantitative estimate of drug-likeness (QED) is 0.331. The van der Waals surface area contributed by atoms with Crippen LogP contribution in [0.15, 0.2) is 48.0 Å². The summed E-state index contributed by atoms with van der Waals surface area (Å²) in [6.07, 6.45) is 0.726. The van der Waals surface area contributed by atoms with Crippen LogP contribution in [0.4, 0.5) is 0 Å². The van der Waals surface area contributed by atoms with Crippen molar-refractivity contribution in [1.82, 2.24) is 9.80 Å². The Hall–Kier alpha value is -3.12. The van der Waals surface area contributed by atoms with E-state index in [1.165, 1.54) is 0 Å². The molecule has 0 radical (unpaired) electrons. The number of nitrogens with zero attached hydrogens (tertiary/aromatic N) is 2. The van der Waals surface area contributed by atoms with E-state index in [0.717, 1.165) is 35.4 Å². The molecule has 6 nitrogen and oxygen atoms in total. The molecule has 2 aromatic carbocycles. The fourth-order valence-electron chi connectivity index (χ4n) is 4.13. The Kier molecular flexibility index (Phi) is 8.15. The van der Waals surface area contributed by atoms with E-state index in [-0.39, 0.29) is 11.3 Å². The van der Waals surface area contributed by atoms with E-state index in [4.69, 9.17) is 4.74 Å². The first kappa shape index (κ1) is 25.5. The van der Waals surface area contributed by atoms with E-state index in [1.54, 1.807) is 23.1 Å². The summed E-state index contributed by atoms with van der Waals surface area (Å²) in [4.78, 5) is 29.8. The van der Waals surface area contributed by atoms with Crippen molar-refractivity contribution in [3.63, 3.8) is 0 Å². The van der Waals surface area contributed by atoms with Crippen molar-refractivity contribution in [3.8, 4) is 5.75 Å². The Morgan fingerprint density at radius 1 is 1.09 bits per heavy atom. The fraction of sp³-hybridized carbons (Fsp3) is 0.429. The van der Waals surface area contributed by atoms with Gasteiger partial charge in [-0.25, -0.2) is 0 Å². The summed E-state index contributed by atoms with van der Waals surface area (Å²) in [5, 5.41) is 11.3. The van der Waals surface area contributed by atoms with Crippen LogP contribution in [-0.2, 0) is 9.59 Å². The van der Waals surface area contributed by atoms with Crippen molar-refractivity contribution in [2.24, 2.45) is 5.92 Å². The van der Waals surface area contributed by atoms with Gasteiger partial charge in [0.25, 0.3) is 11.7 Å². The first-order chi connectivity index (χ1) is 16.1. The number of amides is 1. The summed E-state index contributed by atoms with van der Waals surface area (Å²) >= 11 is 0. The lowest BCUT2D eigenvalue weighted by Gasteiger charge is -2.26. The number of carbonyl (C=O) groups excluding carboxylic acids is 2. The molecular formula is C28H36N2O4. The highest BCUT2D eigenvalue weighted by atomic mass is 16.5. The van der Waals surface area contributed by atoms with Gasteiger partial charge >= 0.3 is 0 Å². The van der Waals surface area contributed by atoms with Crippen LogP contribution in [0.5, 0.6) is 5.75 Å². The van der Waals surface area contributed by atoms with Crippen molar-refractivity contribution < 1.29 is 19.4 Å². The third-order valence-electron chi connectivity index (χ3n) is 5.96. The van der Waals surface area contributed by atoms with E-state index >= 15 is 0 Å². The van der Waals surface area contributed by atoms with Crippen molar-refractivity contribution >= 4 is 17.4 Å². The molecule has 0 aromatic heterocycles. The Morgan fingerprint density at radius 2 is 1.76 bits per heavy atom. The summed E-state index contributed by atoms with van der Waals surface area (Å²) < 4.78 is 5.85. The number of hydrogen-bond donors (Lipinski definition) is 1. The van der Waals surface area contributed by atoms with Crippen LogP contribution in [0.3, 0.4) is 0 Å². The summed E-state index contributed by atoms with van der Waals surface area (Å²) in [5.74, 6) is -0.238. The SMILES string of the molecule is Cc1ccc(C2/C(=C(\O)c3ccc(OCC(C)C)c(C)c3)C(=O)C(=O)N2CCCN(C)C)cc1. The molecule has 3 rings (SSSR count). The molecule has 1 fully saturated rings. The van der Waals surface area contributed by atoms with Gasteiger partial charge in [0.1, 0.15) is 11.5 Å². The molecular weight excluding hydrogens is 428 g/mol. The van der Waals surface area contributed by atoms with Crippen LogP contribution in [0.2, 0.25) is 0 Å². The Balaban J connectivity index is 2.03. The second-order valence-electron chi connectivity index (χ2n) is 9.75. The molecule has 34 heavy (non-hydrogen) atoms. The van der Waals surface area contributed by atoms with Gasteiger partial charge < -0.3 is 19.6 Å². The minimum absolute atomic E-state index is 0.133. The Morgan fingerprint density at radius 3 is 2.35 bits per heavy atom. The van der Waals surface area contributed by atoms with E-state index in [2.05, 4.69) is 13.8 Å². The molecule has 0 aliphatic carbocycles. The van der Waals surface area contributed by atoms with Gasteiger partial charge in [-0.1, -0.05) is 43.7 Å². The lowest BCUT2D eigenvalue weighted by atomic mass is 9.94. The number of ether oxygens (including phenoxy) is 1. The van der Waals surface area contributed by atoms with Crippen LogP contribution >= 0.6 is 0 Å². The zero-order valence-electron chi connectivity index (χ0n) is 21.1. The number of ketones is 1. The number of aliphatic hydroxyl groups excluding tert-OH is 1. The third kappa shape index (κ3) is 5.68. The molecule has 0 spiro atoms.